The number of amides is 1. The third-order valence-electron chi connectivity index (χ3n) is 6.65. The lowest BCUT2D eigenvalue weighted by atomic mass is 9.98. The summed E-state index contributed by atoms with van der Waals surface area (Å²) in [4.78, 5) is 14.1. The van der Waals surface area contributed by atoms with Crippen molar-refractivity contribution in [2.45, 2.75) is 141 Å². The van der Waals surface area contributed by atoms with Crippen LogP contribution in [0.2, 0.25) is 0 Å². The SMILES string of the molecule is CCCCCCCC/C=C\CCCCCCCCN(C)C(=O)CCOC1CCCCC1. The minimum atomic E-state index is 0.239. The second-order valence-electron chi connectivity index (χ2n) is 9.63. The maximum absolute atomic E-state index is 12.2. The molecule has 0 aliphatic heterocycles. The normalized spacial score (nSPS) is 15.0. The maximum Gasteiger partial charge on any atom is 0.224 e. The fourth-order valence-corrected chi connectivity index (χ4v) is 4.46. The smallest absolute Gasteiger partial charge is 0.224 e. The lowest BCUT2D eigenvalue weighted by molar-refractivity contribution is -0.131. The van der Waals surface area contributed by atoms with Gasteiger partial charge >= 0.3 is 0 Å². The fraction of sp³-hybridized carbons (Fsp3) is 0.893. The van der Waals surface area contributed by atoms with E-state index >= 15 is 0 Å². The molecule has 0 aromatic heterocycles. The summed E-state index contributed by atoms with van der Waals surface area (Å²) < 4.78 is 5.89. The molecule has 1 aliphatic carbocycles. The summed E-state index contributed by atoms with van der Waals surface area (Å²) in [6.45, 7) is 3.77. The van der Waals surface area contributed by atoms with E-state index in [1.165, 1.54) is 116 Å². The van der Waals surface area contributed by atoms with Gasteiger partial charge in [-0.05, 0) is 44.9 Å². The molecule has 1 aliphatic rings. The Morgan fingerprint density at radius 3 is 1.97 bits per heavy atom. The molecule has 0 N–H and O–H groups in total. The van der Waals surface area contributed by atoms with Gasteiger partial charge in [-0.15, -0.1) is 0 Å². The molecule has 182 valence electrons. The molecule has 0 unspecified atom stereocenters. The minimum absolute atomic E-state index is 0.239. The monoisotopic (exact) mass is 435 g/mol. The van der Waals surface area contributed by atoms with Crippen molar-refractivity contribution in [1.29, 1.82) is 0 Å². The number of unbranched alkanes of at least 4 members (excludes halogenated alkanes) is 12. The summed E-state index contributed by atoms with van der Waals surface area (Å²) in [5.41, 5.74) is 0. The van der Waals surface area contributed by atoms with E-state index < -0.39 is 0 Å². The molecule has 3 heteroatoms. The largest absolute Gasteiger partial charge is 0.378 e. The van der Waals surface area contributed by atoms with Crippen LogP contribution in [-0.4, -0.2) is 37.1 Å². The summed E-state index contributed by atoms with van der Waals surface area (Å²) in [6, 6.07) is 0. The number of carbonyl (C=O) groups is 1. The second kappa shape index (κ2) is 21.0. The molecule has 0 radical (unpaired) electrons. The van der Waals surface area contributed by atoms with Crippen molar-refractivity contribution < 1.29 is 9.53 Å². The van der Waals surface area contributed by atoms with Gasteiger partial charge in [0, 0.05) is 13.6 Å². The van der Waals surface area contributed by atoms with E-state index in [9.17, 15) is 4.79 Å². The zero-order valence-corrected chi connectivity index (χ0v) is 21.1. The Hall–Kier alpha value is -0.830. The van der Waals surface area contributed by atoms with Gasteiger partial charge in [-0.3, -0.25) is 4.79 Å². The summed E-state index contributed by atoms with van der Waals surface area (Å²) >= 11 is 0. The highest BCUT2D eigenvalue weighted by Gasteiger charge is 2.15. The molecule has 0 spiro atoms. The number of nitrogens with zero attached hydrogens (tertiary/aromatic N) is 1. The van der Waals surface area contributed by atoms with Gasteiger partial charge in [0.05, 0.1) is 19.1 Å². The Morgan fingerprint density at radius 2 is 1.35 bits per heavy atom. The van der Waals surface area contributed by atoms with Crippen LogP contribution in [-0.2, 0) is 9.53 Å². The molecule has 3 nitrogen and oxygen atoms in total. The van der Waals surface area contributed by atoms with E-state index in [2.05, 4.69) is 19.1 Å². The Labute approximate surface area is 194 Å². The van der Waals surface area contributed by atoms with E-state index in [-0.39, 0.29) is 5.91 Å². The van der Waals surface area contributed by atoms with Crippen LogP contribution in [0.25, 0.3) is 0 Å². The predicted molar refractivity (Wildman–Crippen MR) is 135 cm³/mol. The van der Waals surface area contributed by atoms with Crippen LogP contribution in [0.1, 0.15) is 135 Å². The highest BCUT2D eigenvalue weighted by atomic mass is 16.5. The first-order valence-electron chi connectivity index (χ1n) is 13.7. The molecule has 1 fully saturated rings. The predicted octanol–water partition coefficient (Wildman–Crippen LogP) is 8.22. The van der Waals surface area contributed by atoms with Crippen LogP contribution in [0, 0.1) is 0 Å². The topological polar surface area (TPSA) is 29.5 Å². The maximum atomic E-state index is 12.2. The molecule has 1 saturated carbocycles. The molecule has 31 heavy (non-hydrogen) atoms. The summed E-state index contributed by atoms with van der Waals surface area (Å²) in [5.74, 6) is 0.239. The van der Waals surface area contributed by atoms with Gasteiger partial charge in [0.1, 0.15) is 0 Å². The molecular weight excluding hydrogens is 382 g/mol. The van der Waals surface area contributed by atoms with Gasteiger partial charge in [-0.25, -0.2) is 0 Å². The summed E-state index contributed by atoms with van der Waals surface area (Å²) in [7, 11) is 1.94. The molecular formula is C28H53NO2. The molecule has 0 atom stereocenters. The van der Waals surface area contributed by atoms with Crippen molar-refractivity contribution in [2.24, 2.45) is 0 Å². The van der Waals surface area contributed by atoms with Gasteiger partial charge in [-0.2, -0.15) is 0 Å². The first kappa shape index (κ1) is 28.2. The van der Waals surface area contributed by atoms with Crippen LogP contribution < -0.4 is 0 Å². The Bertz CT molecular complexity index is 429. The van der Waals surface area contributed by atoms with E-state index in [0.717, 1.165) is 13.0 Å². The average molecular weight is 436 g/mol. The minimum Gasteiger partial charge on any atom is -0.378 e. The first-order valence-corrected chi connectivity index (χ1v) is 13.7. The lowest BCUT2D eigenvalue weighted by Crippen LogP contribution is -2.29. The van der Waals surface area contributed by atoms with Crippen molar-refractivity contribution in [3.63, 3.8) is 0 Å². The van der Waals surface area contributed by atoms with E-state index in [4.69, 9.17) is 4.74 Å². The van der Waals surface area contributed by atoms with E-state index in [1.807, 2.05) is 11.9 Å². The van der Waals surface area contributed by atoms with Crippen LogP contribution >= 0.6 is 0 Å². The van der Waals surface area contributed by atoms with Crippen molar-refractivity contribution in [3.8, 4) is 0 Å². The highest BCUT2D eigenvalue weighted by molar-refractivity contribution is 5.75. The number of hydrogen-bond acceptors (Lipinski definition) is 2. The van der Waals surface area contributed by atoms with Gasteiger partial charge < -0.3 is 9.64 Å². The van der Waals surface area contributed by atoms with E-state index in [0.29, 0.717) is 19.1 Å². The van der Waals surface area contributed by atoms with Gasteiger partial charge in [0.15, 0.2) is 0 Å². The number of rotatable bonds is 20. The third-order valence-corrected chi connectivity index (χ3v) is 6.65. The Balaban J connectivity index is 1.82. The number of allylic oxidation sites excluding steroid dienone is 2. The fourth-order valence-electron chi connectivity index (χ4n) is 4.46. The van der Waals surface area contributed by atoms with E-state index in [1.54, 1.807) is 0 Å². The summed E-state index contributed by atoms with van der Waals surface area (Å²) in [5, 5.41) is 0. The van der Waals surface area contributed by atoms with Crippen LogP contribution in [0.15, 0.2) is 12.2 Å². The number of carbonyl (C=O) groups excluding carboxylic acids is 1. The zero-order valence-electron chi connectivity index (χ0n) is 21.1. The van der Waals surface area contributed by atoms with Gasteiger partial charge in [-0.1, -0.05) is 96.1 Å². The van der Waals surface area contributed by atoms with Crippen molar-refractivity contribution >= 4 is 5.91 Å². The molecule has 0 aromatic rings. The quantitative estimate of drug-likeness (QED) is 0.142. The number of hydrogen-bond donors (Lipinski definition) is 0. The highest BCUT2D eigenvalue weighted by Crippen LogP contribution is 2.20. The van der Waals surface area contributed by atoms with Crippen molar-refractivity contribution in [1.82, 2.24) is 4.90 Å². The van der Waals surface area contributed by atoms with Crippen molar-refractivity contribution in [3.05, 3.63) is 12.2 Å². The first-order chi connectivity index (χ1) is 15.2. The third kappa shape index (κ3) is 17.4. The van der Waals surface area contributed by atoms with Crippen LogP contribution in [0.3, 0.4) is 0 Å². The molecule has 0 saturated heterocycles. The Kier molecular flexibility index (Phi) is 19.1. The summed E-state index contributed by atoms with van der Waals surface area (Å²) in [6.07, 6.45) is 30.5. The molecule has 0 heterocycles. The zero-order chi connectivity index (χ0) is 22.4. The van der Waals surface area contributed by atoms with Crippen molar-refractivity contribution in [2.75, 3.05) is 20.2 Å². The van der Waals surface area contributed by atoms with Crippen LogP contribution in [0.4, 0.5) is 0 Å². The Morgan fingerprint density at radius 1 is 0.806 bits per heavy atom. The molecule has 1 rings (SSSR count). The van der Waals surface area contributed by atoms with Gasteiger partial charge in [0.25, 0.3) is 0 Å². The molecule has 0 bridgehead atoms. The van der Waals surface area contributed by atoms with Crippen LogP contribution in [0.5, 0.6) is 0 Å². The molecule has 1 amide bonds. The lowest BCUT2D eigenvalue weighted by Gasteiger charge is -2.22. The second-order valence-corrected chi connectivity index (χ2v) is 9.63. The van der Waals surface area contributed by atoms with Gasteiger partial charge in [0.2, 0.25) is 5.91 Å². The average Bonchev–Trinajstić information content (AvgIpc) is 2.79. The number of ether oxygens (including phenoxy) is 1. The standard InChI is InChI=1S/C28H53NO2/c1-3-4-5-6-7-8-9-10-11-12-13-14-15-16-17-21-25-29(2)28(30)24-26-31-27-22-19-18-20-23-27/h10-11,27H,3-9,12-26H2,1-2H3/b11-10-. The molecule has 0 aromatic carbocycles.